The standard InChI is InChI=1S/C12H25N2O.Ac/c1-4-8(5-2)11(14)10-9(13)6-7(3)12(10)15;/h7-12,14-15H,4-6,13H2,1-3H3;/q-1;. The average molecular weight is 440 g/mol. The van der Waals surface area contributed by atoms with Crippen molar-refractivity contribution in [3.8, 4) is 0 Å². The van der Waals surface area contributed by atoms with Gasteiger partial charge in [-0.1, -0.05) is 39.5 Å². The van der Waals surface area contributed by atoms with Crippen molar-refractivity contribution < 1.29 is 49.2 Å². The molecule has 5 atom stereocenters. The Balaban J connectivity index is 0.00000225. The maximum atomic E-state index is 10.0. The van der Waals surface area contributed by atoms with Gasteiger partial charge in [-0.15, -0.1) is 6.04 Å². The summed E-state index contributed by atoms with van der Waals surface area (Å²) in [5.41, 5.74) is 14.3. The van der Waals surface area contributed by atoms with E-state index in [0.717, 1.165) is 19.3 Å². The van der Waals surface area contributed by atoms with Crippen LogP contribution in [-0.2, 0) is 0 Å². The Bertz CT molecular complexity index is 199. The molecule has 0 heterocycles. The summed E-state index contributed by atoms with van der Waals surface area (Å²) < 4.78 is 0. The molecule has 4 N–H and O–H groups in total. The molecule has 1 radical (unpaired) electrons. The Hall–Kier alpha value is 1.32. The first-order valence-corrected chi connectivity index (χ1v) is 6.17. The summed E-state index contributed by atoms with van der Waals surface area (Å²) in [7, 11) is 0. The van der Waals surface area contributed by atoms with E-state index in [1.165, 1.54) is 0 Å². The number of aliphatic hydroxyl groups excluding tert-OH is 1. The van der Waals surface area contributed by atoms with Crippen LogP contribution in [0, 0.1) is 61.8 Å². The second-order valence-electron chi connectivity index (χ2n) is 5.05. The first-order valence-electron chi connectivity index (χ1n) is 6.17. The van der Waals surface area contributed by atoms with Gasteiger partial charge in [0.2, 0.25) is 0 Å². The van der Waals surface area contributed by atoms with Crippen molar-refractivity contribution in [1.29, 1.82) is 0 Å². The smallest absolute Gasteiger partial charge is 0.0595 e. The summed E-state index contributed by atoms with van der Waals surface area (Å²) in [5.74, 6) is 0.609. The predicted molar refractivity (Wildman–Crippen MR) is 63.4 cm³/mol. The minimum Gasteiger partial charge on any atom is -0.674 e. The van der Waals surface area contributed by atoms with Gasteiger partial charge in [0.25, 0.3) is 0 Å². The van der Waals surface area contributed by atoms with Crippen molar-refractivity contribution in [1.82, 2.24) is 0 Å². The van der Waals surface area contributed by atoms with Crippen molar-refractivity contribution in [2.75, 3.05) is 0 Å². The Kier molecular flexibility index (Phi) is 8.33. The molecule has 0 saturated heterocycles. The summed E-state index contributed by atoms with van der Waals surface area (Å²) >= 11 is 0. The fraction of sp³-hybridized carbons (Fsp3) is 1.00. The van der Waals surface area contributed by atoms with Gasteiger partial charge < -0.3 is 16.6 Å². The van der Waals surface area contributed by atoms with Gasteiger partial charge in [0, 0.05) is 50.1 Å². The molecule has 1 aliphatic carbocycles. The molecule has 0 spiro atoms. The number of hydrogen-bond acceptors (Lipinski definition) is 2. The van der Waals surface area contributed by atoms with Crippen molar-refractivity contribution in [2.45, 2.75) is 58.2 Å². The van der Waals surface area contributed by atoms with Gasteiger partial charge in [0.1, 0.15) is 0 Å². The summed E-state index contributed by atoms with van der Waals surface area (Å²) in [4.78, 5) is 0. The fourth-order valence-electron chi connectivity index (χ4n) is 2.95. The Morgan fingerprint density at radius 2 is 1.88 bits per heavy atom. The molecule has 93 valence electrons. The summed E-state index contributed by atoms with van der Waals surface area (Å²) in [6, 6.07) is -0.187. The van der Waals surface area contributed by atoms with Crippen molar-refractivity contribution in [3.05, 3.63) is 5.73 Å². The van der Waals surface area contributed by atoms with Gasteiger partial charge in [-0.25, -0.2) is 0 Å². The minimum atomic E-state index is -0.372. The van der Waals surface area contributed by atoms with Gasteiger partial charge in [-0.05, 0) is 18.3 Å². The molecule has 0 aromatic heterocycles. The second-order valence-corrected chi connectivity index (χ2v) is 5.05. The van der Waals surface area contributed by atoms with E-state index in [1.54, 1.807) is 0 Å². The zero-order valence-corrected chi connectivity index (χ0v) is 15.4. The van der Waals surface area contributed by atoms with Crippen LogP contribution in [-0.4, -0.2) is 23.3 Å². The first kappa shape index (κ1) is 17.3. The molecule has 3 nitrogen and oxygen atoms in total. The van der Waals surface area contributed by atoms with Gasteiger partial charge in [0.05, 0.1) is 6.10 Å². The van der Waals surface area contributed by atoms with E-state index in [-0.39, 0.29) is 74.1 Å². The third kappa shape index (κ3) is 3.66. The van der Waals surface area contributed by atoms with Crippen LogP contribution in [0.2, 0.25) is 0 Å². The maximum absolute atomic E-state index is 10.0. The fourth-order valence-corrected chi connectivity index (χ4v) is 2.95. The van der Waals surface area contributed by atoms with Crippen molar-refractivity contribution in [3.63, 3.8) is 0 Å². The van der Waals surface area contributed by atoms with Gasteiger partial charge in [0.15, 0.2) is 0 Å². The van der Waals surface area contributed by atoms with Crippen LogP contribution in [0.4, 0.5) is 0 Å². The molecule has 1 rings (SSSR count). The molecule has 4 heteroatoms. The average Bonchev–Trinajstić information content (AvgIpc) is 2.43. The third-order valence-corrected chi connectivity index (χ3v) is 4.09. The quantitative estimate of drug-likeness (QED) is 0.704. The van der Waals surface area contributed by atoms with Crippen LogP contribution >= 0.6 is 0 Å². The molecule has 1 saturated carbocycles. The molecule has 5 unspecified atom stereocenters. The van der Waals surface area contributed by atoms with Crippen LogP contribution in [0.5, 0.6) is 0 Å². The van der Waals surface area contributed by atoms with E-state index in [0.29, 0.717) is 5.92 Å². The molecule has 0 amide bonds. The molecule has 0 aromatic carbocycles. The number of hydrogen-bond donors (Lipinski definition) is 2. The van der Waals surface area contributed by atoms with Crippen LogP contribution < -0.4 is 5.73 Å². The molecular formula is C12H25AcN2O-. The second kappa shape index (κ2) is 7.69. The summed E-state index contributed by atoms with van der Waals surface area (Å²) in [6.45, 7) is 6.27. The number of rotatable bonds is 4. The first-order chi connectivity index (χ1) is 7.02. The topological polar surface area (TPSA) is 70.0 Å². The van der Waals surface area contributed by atoms with Crippen LogP contribution in [0.3, 0.4) is 0 Å². The predicted octanol–water partition coefficient (Wildman–Crippen LogP) is 2.19. The van der Waals surface area contributed by atoms with Gasteiger partial charge in [-0.3, -0.25) is 0 Å². The van der Waals surface area contributed by atoms with E-state index in [9.17, 15) is 5.11 Å². The SMILES string of the molecule is CCC(CC)C([NH-])C1C(N)CC(C)C1O.[Ac]. The monoisotopic (exact) mass is 440 g/mol. The Labute approximate surface area is 135 Å². The zero-order valence-electron chi connectivity index (χ0n) is 10.7. The Morgan fingerprint density at radius 3 is 2.19 bits per heavy atom. The molecule has 16 heavy (non-hydrogen) atoms. The normalized spacial score (nSPS) is 36.2. The zero-order chi connectivity index (χ0) is 11.6. The Morgan fingerprint density at radius 1 is 1.38 bits per heavy atom. The molecule has 1 aliphatic rings. The molecule has 0 aliphatic heterocycles. The summed E-state index contributed by atoms with van der Waals surface area (Å²) in [5, 5.41) is 10.0. The molecule has 1 fully saturated rings. The molecular weight excluding hydrogens is 415 g/mol. The van der Waals surface area contributed by atoms with Crippen LogP contribution in [0.25, 0.3) is 5.73 Å². The minimum absolute atomic E-state index is 0. The maximum Gasteiger partial charge on any atom is 0.0595 e. The van der Waals surface area contributed by atoms with E-state index in [4.69, 9.17) is 11.5 Å². The van der Waals surface area contributed by atoms with E-state index in [1.807, 2.05) is 6.92 Å². The number of nitrogens with one attached hydrogen (secondary N) is 1. The van der Waals surface area contributed by atoms with E-state index < -0.39 is 0 Å². The molecule has 0 bridgehead atoms. The summed E-state index contributed by atoms with van der Waals surface area (Å²) in [6.07, 6.45) is 2.51. The van der Waals surface area contributed by atoms with Gasteiger partial charge in [-0.2, -0.15) is 0 Å². The van der Waals surface area contributed by atoms with Crippen LogP contribution in [0.15, 0.2) is 0 Å². The van der Waals surface area contributed by atoms with Crippen molar-refractivity contribution >= 4 is 0 Å². The van der Waals surface area contributed by atoms with E-state index in [2.05, 4.69) is 13.8 Å². The third-order valence-electron chi connectivity index (χ3n) is 4.09. The van der Waals surface area contributed by atoms with Gasteiger partial charge >= 0.3 is 0 Å². The number of nitrogens with two attached hydrogens (primary N) is 1. The molecule has 0 aromatic rings. The number of aliphatic hydroxyl groups is 1. The largest absolute Gasteiger partial charge is 0.674 e. The van der Waals surface area contributed by atoms with E-state index >= 15 is 0 Å². The van der Waals surface area contributed by atoms with Crippen LogP contribution in [0.1, 0.15) is 40.0 Å². The van der Waals surface area contributed by atoms with Crippen molar-refractivity contribution in [2.24, 2.45) is 23.5 Å².